The number of carbonyl (C=O) groups is 2. The molecule has 0 saturated heterocycles. The van der Waals surface area contributed by atoms with E-state index in [4.69, 9.17) is 0 Å². The number of hydrogen-bond acceptors (Lipinski definition) is 4. The van der Waals surface area contributed by atoms with Gasteiger partial charge in [0.2, 0.25) is 5.91 Å². The zero-order chi connectivity index (χ0) is 19.3. The predicted octanol–water partition coefficient (Wildman–Crippen LogP) is 2.98. The highest BCUT2D eigenvalue weighted by molar-refractivity contribution is 7.09. The molecule has 0 aliphatic carbocycles. The van der Waals surface area contributed by atoms with E-state index in [1.165, 1.54) is 0 Å². The van der Waals surface area contributed by atoms with Gasteiger partial charge in [-0.2, -0.15) is 0 Å². The lowest BCUT2D eigenvalue weighted by molar-refractivity contribution is -0.121. The van der Waals surface area contributed by atoms with Gasteiger partial charge in [-0.1, -0.05) is 36.4 Å². The second-order valence-corrected chi connectivity index (χ2v) is 7.75. The average molecular weight is 395 g/mol. The van der Waals surface area contributed by atoms with Crippen LogP contribution in [0.5, 0.6) is 0 Å². The van der Waals surface area contributed by atoms with Gasteiger partial charge in [-0.25, -0.2) is 4.79 Å². The smallest absolute Gasteiger partial charge is 0.321 e. The SMILES string of the molecule is O=C(CN1CCn2cccc2C1c1ccccc1)NC(=O)NCc1cccs1. The molecular weight excluding hydrogens is 372 g/mol. The first kappa shape index (κ1) is 18.5. The van der Waals surface area contributed by atoms with Crippen LogP contribution < -0.4 is 10.6 Å². The van der Waals surface area contributed by atoms with Gasteiger partial charge in [0.05, 0.1) is 19.1 Å². The van der Waals surface area contributed by atoms with E-state index in [-0.39, 0.29) is 18.5 Å². The van der Waals surface area contributed by atoms with Crippen LogP contribution >= 0.6 is 11.3 Å². The summed E-state index contributed by atoms with van der Waals surface area (Å²) in [6.07, 6.45) is 2.07. The fraction of sp³-hybridized carbons (Fsp3) is 0.238. The first-order valence-electron chi connectivity index (χ1n) is 9.25. The Kier molecular flexibility index (Phi) is 5.55. The number of urea groups is 1. The van der Waals surface area contributed by atoms with E-state index in [9.17, 15) is 9.59 Å². The summed E-state index contributed by atoms with van der Waals surface area (Å²) in [6, 6.07) is 17.7. The number of aromatic nitrogens is 1. The van der Waals surface area contributed by atoms with Crippen molar-refractivity contribution < 1.29 is 9.59 Å². The van der Waals surface area contributed by atoms with Crippen LogP contribution in [0.25, 0.3) is 0 Å². The van der Waals surface area contributed by atoms with Gasteiger partial charge in [-0.3, -0.25) is 15.0 Å². The third kappa shape index (κ3) is 4.16. The lowest BCUT2D eigenvalue weighted by Gasteiger charge is -2.36. The summed E-state index contributed by atoms with van der Waals surface area (Å²) in [5.41, 5.74) is 2.30. The van der Waals surface area contributed by atoms with Gasteiger partial charge in [0.25, 0.3) is 0 Å². The molecule has 7 heteroatoms. The number of carbonyl (C=O) groups excluding carboxylic acids is 2. The Balaban J connectivity index is 1.41. The Bertz CT molecular complexity index is 936. The van der Waals surface area contributed by atoms with Gasteiger partial charge in [-0.15, -0.1) is 11.3 Å². The van der Waals surface area contributed by atoms with Crippen molar-refractivity contribution in [3.05, 3.63) is 82.3 Å². The summed E-state index contributed by atoms with van der Waals surface area (Å²) in [5.74, 6) is -0.301. The largest absolute Gasteiger partial charge is 0.348 e. The van der Waals surface area contributed by atoms with Crippen molar-refractivity contribution in [1.29, 1.82) is 0 Å². The molecule has 0 fully saturated rings. The lowest BCUT2D eigenvalue weighted by Crippen LogP contribution is -2.47. The third-order valence-electron chi connectivity index (χ3n) is 4.86. The Morgan fingerprint density at radius 3 is 2.68 bits per heavy atom. The maximum Gasteiger partial charge on any atom is 0.321 e. The second kappa shape index (κ2) is 8.41. The normalized spacial score (nSPS) is 16.4. The van der Waals surface area contributed by atoms with Crippen molar-refractivity contribution in [2.45, 2.75) is 19.1 Å². The first-order valence-corrected chi connectivity index (χ1v) is 10.1. The van der Waals surface area contributed by atoms with Gasteiger partial charge in [0.1, 0.15) is 0 Å². The Morgan fingerprint density at radius 2 is 1.89 bits per heavy atom. The standard InChI is InChI=1S/C21H22N4O2S/c26-19(23-21(27)22-14-17-8-5-13-28-17)15-25-12-11-24-10-4-9-18(24)20(25)16-6-2-1-3-7-16/h1-10,13,20H,11-12,14-15H2,(H2,22,23,26,27). The molecule has 6 nitrogen and oxygen atoms in total. The predicted molar refractivity (Wildman–Crippen MR) is 109 cm³/mol. The monoisotopic (exact) mass is 394 g/mol. The van der Waals surface area contributed by atoms with Crippen LogP contribution in [-0.2, 0) is 17.9 Å². The van der Waals surface area contributed by atoms with Gasteiger partial charge < -0.3 is 9.88 Å². The number of nitrogens with one attached hydrogen (secondary N) is 2. The molecule has 144 valence electrons. The maximum atomic E-state index is 12.5. The summed E-state index contributed by atoms with van der Waals surface area (Å²) < 4.78 is 2.22. The van der Waals surface area contributed by atoms with Crippen LogP contribution in [0.1, 0.15) is 22.2 Å². The van der Waals surface area contributed by atoms with Crippen molar-refractivity contribution in [3.63, 3.8) is 0 Å². The fourth-order valence-electron chi connectivity index (χ4n) is 3.59. The molecular formula is C21H22N4O2S. The number of imide groups is 1. The molecule has 0 bridgehead atoms. The Hall–Kier alpha value is -2.90. The minimum absolute atomic E-state index is 0.00937. The molecule has 0 spiro atoms. The van der Waals surface area contributed by atoms with Crippen LogP contribution in [-0.4, -0.2) is 34.5 Å². The van der Waals surface area contributed by atoms with E-state index in [1.807, 2.05) is 41.8 Å². The van der Waals surface area contributed by atoms with Crippen molar-refractivity contribution in [1.82, 2.24) is 20.1 Å². The van der Waals surface area contributed by atoms with E-state index in [2.05, 4.69) is 44.5 Å². The first-order chi connectivity index (χ1) is 13.7. The number of benzene rings is 1. The number of thiophene rings is 1. The van der Waals surface area contributed by atoms with E-state index < -0.39 is 6.03 Å². The van der Waals surface area contributed by atoms with E-state index in [0.717, 1.165) is 29.2 Å². The van der Waals surface area contributed by atoms with E-state index >= 15 is 0 Å². The topological polar surface area (TPSA) is 66.4 Å². The van der Waals surface area contributed by atoms with Crippen LogP contribution in [0.15, 0.2) is 66.2 Å². The highest BCUT2D eigenvalue weighted by atomic mass is 32.1. The molecule has 3 aromatic rings. The van der Waals surface area contributed by atoms with Gasteiger partial charge in [0, 0.05) is 29.9 Å². The summed E-state index contributed by atoms with van der Waals surface area (Å²) in [6.45, 7) is 2.15. The second-order valence-electron chi connectivity index (χ2n) is 6.72. The van der Waals surface area contributed by atoms with E-state index in [1.54, 1.807) is 11.3 Å². The molecule has 28 heavy (non-hydrogen) atoms. The van der Waals surface area contributed by atoms with Crippen molar-refractivity contribution in [2.24, 2.45) is 0 Å². The highest BCUT2D eigenvalue weighted by Crippen LogP contribution is 2.31. The summed E-state index contributed by atoms with van der Waals surface area (Å²) in [7, 11) is 0. The fourth-order valence-corrected chi connectivity index (χ4v) is 4.24. The number of rotatable bonds is 5. The summed E-state index contributed by atoms with van der Waals surface area (Å²) in [4.78, 5) is 27.7. The van der Waals surface area contributed by atoms with Gasteiger partial charge in [-0.05, 0) is 29.1 Å². The minimum atomic E-state index is -0.463. The number of hydrogen-bond donors (Lipinski definition) is 2. The lowest BCUT2D eigenvalue weighted by atomic mass is 10.00. The molecule has 1 unspecified atom stereocenters. The Labute approximate surface area is 167 Å². The minimum Gasteiger partial charge on any atom is -0.348 e. The quantitative estimate of drug-likeness (QED) is 0.699. The number of nitrogens with zero attached hydrogens (tertiary/aromatic N) is 2. The number of fused-ring (bicyclic) bond motifs is 1. The molecule has 1 aromatic carbocycles. The molecule has 3 heterocycles. The molecule has 2 aromatic heterocycles. The van der Waals surface area contributed by atoms with Gasteiger partial charge >= 0.3 is 6.03 Å². The third-order valence-corrected chi connectivity index (χ3v) is 5.73. The maximum absolute atomic E-state index is 12.5. The van der Waals surface area contributed by atoms with Crippen molar-refractivity contribution in [2.75, 3.05) is 13.1 Å². The molecule has 3 amide bonds. The Morgan fingerprint density at radius 1 is 1.04 bits per heavy atom. The van der Waals surface area contributed by atoms with Crippen LogP contribution in [0, 0.1) is 0 Å². The zero-order valence-electron chi connectivity index (χ0n) is 15.4. The van der Waals surface area contributed by atoms with E-state index in [0.29, 0.717) is 6.54 Å². The molecule has 4 rings (SSSR count). The zero-order valence-corrected chi connectivity index (χ0v) is 16.2. The van der Waals surface area contributed by atoms with Crippen molar-refractivity contribution in [3.8, 4) is 0 Å². The van der Waals surface area contributed by atoms with Crippen LogP contribution in [0.3, 0.4) is 0 Å². The molecule has 1 aliphatic heterocycles. The number of amides is 3. The molecule has 1 aliphatic rings. The summed E-state index contributed by atoms with van der Waals surface area (Å²) >= 11 is 1.57. The van der Waals surface area contributed by atoms with Crippen molar-refractivity contribution >= 4 is 23.3 Å². The molecule has 0 saturated carbocycles. The van der Waals surface area contributed by atoms with Crippen LogP contribution in [0.4, 0.5) is 4.79 Å². The molecule has 2 N–H and O–H groups in total. The van der Waals surface area contributed by atoms with Gasteiger partial charge in [0.15, 0.2) is 0 Å². The molecule has 1 atom stereocenters. The van der Waals surface area contributed by atoms with Crippen LogP contribution in [0.2, 0.25) is 0 Å². The highest BCUT2D eigenvalue weighted by Gasteiger charge is 2.30. The molecule has 0 radical (unpaired) electrons. The average Bonchev–Trinajstić information content (AvgIpc) is 3.38. The summed E-state index contributed by atoms with van der Waals surface area (Å²) in [5, 5.41) is 7.13.